The summed E-state index contributed by atoms with van der Waals surface area (Å²) in [5, 5.41) is 4.65. The van der Waals surface area contributed by atoms with E-state index >= 15 is 0 Å². The number of primary amides is 1. The molecule has 2 aromatic heterocycles. The van der Waals surface area contributed by atoms with E-state index in [1.54, 1.807) is 0 Å². The van der Waals surface area contributed by atoms with Gasteiger partial charge in [-0.1, -0.05) is 29.8 Å². The average Bonchev–Trinajstić information content (AvgIpc) is 3.33. The molecule has 28 heavy (non-hydrogen) atoms. The van der Waals surface area contributed by atoms with E-state index in [-0.39, 0.29) is 0 Å². The Balaban J connectivity index is 1.58. The maximum atomic E-state index is 11.9. The highest BCUT2D eigenvalue weighted by Gasteiger charge is 2.16. The molecule has 7 heteroatoms. The first-order valence-corrected chi connectivity index (χ1v) is 10.4. The Bertz CT molecular complexity index is 980. The van der Waals surface area contributed by atoms with Crippen LogP contribution in [0.4, 0.5) is 10.8 Å². The molecular weight excluding hydrogens is 392 g/mol. The van der Waals surface area contributed by atoms with Crippen molar-refractivity contribution in [2.45, 2.75) is 19.4 Å². The summed E-state index contributed by atoms with van der Waals surface area (Å²) in [6, 6.07) is 15.3. The summed E-state index contributed by atoms with van der Waals surface area (Å²) in [6.45, 7) is 3.10. The lowest BCUT2D eigenvalue weighted by atomic mass is 10.1. The lowest BCUT2D eigenvalue weighted by Crippen LogP contribution is -2.19. The number of rotatable bonds is 6. The number of aromatic nitrogens is 1. The van der Waals surface area contributed by atoms with Crippen LogP contribution < -0.4 is 11.1 Å². The van der Waals surface area contributed by atoms with Gasteiger partial charge in [0.2, 0.25) is 0 Å². The molecule has 1 aromatic carbocycles. The van der Waals surface area contributed by atoms with Crippen molar-refractivity contribution in [3.05, 3.63) is 64.8 Å². The van der Waals surface area contributed by atoms with Crippen LogP contribution in [0.15, 0.2) is 48.5 Å². The molecular formula is C21H21ClN4OS. The number of likely N-dealkylation sites (tertiary alicyclic amines) is 1. The number of nitrogens with two attached hydrogens (primary N) is 1. The normalized spacial score (nSPS) is 14.3. The van der Waals surface area contributed by atoms with Crippen molar-refractivity contribution in [1.29, 1.82) is 0 Å². The van der Waals surface area contributed by atoms with Crippen LogP contribution in [0.1, 0.15) is 28.9 Å². The molecule has 0 aliphatic carbocycles. The van der Waals surface area contributed by atoms with Gasteiger partial charge in [0.15, 0.2) is 0 Å². The number of carbonyl (C=O) groups excluding carboxylic acids is 1. The molecule has 0 spiro atoms. The third-order valence-corrected chi connectivity index (χ3v) is 6.11. The lowest BCUT2D eigenvalue weighted by molar-refractivity contribution is 0.100. The summed E-state index contributed by atoms with van der Waals surface area (Å²) >= 11 is 7.45. The number of carbonyl (C=O) groups is 1. The zero-order valence-corrected chi connectivity index (χ0v) is 16.9. The van der Waals surface area contributed by atoms with Gasteiger partial charge in [-0.25, -0.2) is 4.98 Å². The number of nitrogens with one attached hydrogen (secondary N) is 1. The summed E-state index contributed by atoms with van der Waals surface area (Å²) in [7, 11) is 0. The number of nitrogens with zero attached hydrogens (tertiary/aromatic N) is 2. The van der Waals surface area contributed by atoms with Gasteiger partial charge in [-0.05, 0) is 61.8 Å². The predicted molar refractivity (Wildman–Crippen MR) is 115 cm³/mol. The standard InChI is InChI=1S/C21H21ClN4OS/c22-15-8-6-14(7-9-15)18-12-17(20(23)27)21(28-18)25-19-5-3-4-16(24-19)13-26-10-1-2-11-26/h3-9,12H,1-2,10-11,13H2,(H2,23,27)(H,24,25). The topological polar surface area (TPSA) is 71.2 Å². The first kappa shape index (κ1) is 18.9. The van der Waals surface area contributed by atoms with Crippen molar-refractivity contribution in [2.75, 3.05) is 18.4 Å². The molecule has 1 saturated heterocycles. The minimum atomic E-state index is -0.466. The largest absolute Gasteiger partial charge is 0.366 e. The number of hydrogen-bond donors (Lipinski definition) is 2. The van der Waals surface area contributed by atoms with Gasteiger partial charge < -0.3 is 11.1 Å². The summed E-state index contributed by atoms with van der Waals surface area (Å²) in [4.78, 5) is 20.0. The quantitative estimate of drug-likeness (QED) is 0.603. The van der Waals surface area contributed by atoms with Crippen LogP contribution in [0.3, 0.4) is 0 Å². The molecule has 0 bridgehead atoms. The number of halogens is 1. The Morgan fingerprint density at radius 3 is 2.64 bits per heavy atom. The molecule has 1 aliphatic heterocycles. The average molecular weight is 413 g/mol. The summed E-state index contributed by atoms with van der Waals surface area (Å²) < 4.78 is 0. The van der Waals surface area contributed by atoms with Crippen LogP contribution in [0.2, 0.25) is 5.02 Å². The van der Waals surface area contributed by atoms with Crippen LogP contribution in [0, 0.1) is 0 Å². The fourth-order valence-corrected chi connectivity index (χ4v) is 4.55. The van der Waals surface area contributed by atoms with Gasteiger partial charge >= 0.3 is 0 Å². The lowest BCUT2D eigenvalue weighted by Gasteiger charge is -2.14. The molecule has 3 heterocycles. The Labute approximate surface area is 173 Å². The maximum Gasteiger partial charge on any atom is 0.251 e. The minimum absolute atomic E-state index is 0.460. The molecule has 3 aromatic rings. The van der Waals surface area contributed by atoms with Crippen molar-refractivity contribution in [3.63, 3.8) is 0 Å². The first-order valence-electron chi connectivity index (χ1n) is 9.23. The summed E-state index contributed by atoms with van der Waals surface area (Å²) in [6.07, 6.45) is 2.51. The van der Waals surface area contributed by atoms with E-state index in [1.165, 1.54) is 24.2 Å². The van der Waals surface area contributed by atoms with Crippen molar-refractivity contribution >= 4 is 39.7 Å². The van der Waals surface area contributed by atoms with Crippen LogP contribution in [0.25, 0.3) is 10.4 Å². The van der Waals surface area contributed by atoms with Gasteiger partial charge in [-0.15, -0.1) is 11.3 Å². The molecule has 5 nitrogen and oxygen atoms in total. The third kappa shape index (κ3) is 4.35. The summed E-state index contributed by atoms with van der Waals surface area (Å²) in [5.74, 6) is 0.246. The van der Waals surface area contributed by atoms with E-state index < -0.39 is 5.91 Å². The van der Waals surface area contributed by atoms with Crippen LogP contribution in [-0.4, -0.2) is 28.9 Å². The molecule has 1 fully saturated rings. The fourth-order valence-electron chi connectivity index (χ4n) is 3.35. The van der Waals surface area contributed by atoms with E-state index in [0.717, 1.165) is 35.8 Å². The van der Waals surface area contributed by atoms with Gasteiger partial charge in [0.05, 0.1) is 11.3 Å². The van der Waals surface area contributed by atoms with Crippen LogP contribution >= 0.6 is 22.9 Å². The maximum absolute atomic E-state index is 11.9. The number of hydrogen-bond acceptors (Lipinski definition) is 5. The monoisotopic (exact) mass is 412 g/mol. The number of anilines is 2. The SMILES string of the molecule is NC(=O)c1cc(-c2ccc(Cl)cc2)sc1Nc1cccc(CN2CCCC2)n1. The van der Waals surface area contributed by atoms with E-state index in [0.29, 0.717) is 21.4 Å². The van der Waals surface area contributed by atoms with Gasteiger partial charge in [0.1, 0.15) is 10.8 Å². The number of amides is 1. The second-order valence-electron chi connectivity index (χ2n) is 6.85. The molecule has 1 aliphatic rings. The Kier molecular flexibility index (Phi) is 5.62. The molecule has 0 unspecified atom stereocenters. The fraction of sp³-hybridized carbons (Fsp3) is 0.238. The Morgan fingerprint density at radius 2 is 1.93 bits per heavy atom. The van der Waals surface area contributed by atoms with E-state index in [2.05, 4.69) is 10.2 Å². The van der Waals surface area contributed by atoms with Gasteiger partial charge in [-0.3, -0.25) is 9.69 Å². The van der Waals surface area contributed by atoms with Crippen molar-refractivity contribution in [1.82, 2.24) is 9.88 Å². The summed E-state index contributed by atoms with van der Waals surface area (Å²) in [5.41, 5.74) is 8.06. The van der Waals surface area contributed by atoms with Gasteiger partial charge in [0.25, 0.3) is 5.91 Å². The Hall–Kier alpha value is -2.41. The highest BCUT2D eigenvalue weighted by atomic mass is 35.5. The third-order valence-electron chi connectivity index (χ3n) is 4.76. The van der Waals surface area contributed by atoms with Crippen LogP contribution in [-0.2, 0) is 6.54 Å². The van der Waals surface area contributed by atoms with Crippen LogP contribution in [0.5, 0.6) is 0 Å². The second kappa shape index (κ2) is 8.31. The molecule has 1 amide bonds. The highest BCUT2D eigenvalue weighted by Crippen LogP contribution is 2.37. The van der Waals surface area contributed by atoms with Crippen molar-refractivity contribution in [2.24, 2.45) is 5.73 Å². The van der Waals surface area contributed by atoms with Crippen molar-refractivity contribution in [3.8, 4) is 10.4 Å². The Morgan fingerprint density at radius 1 is 1.18 bits per heavy atom. The highest BCUT2D eigenvalue weighted by molar-refractivity contribution is 7.19. The van der Waals surface area contributed by atoms with E-state index in [1.807, 2.05) is 48.5 Å². The molecule has 0 saturated carbocycles. The molecule has 0 atom stereocenters. The zero-order valence-electron chi connectivity index (χ0n) is 15.3. The zero-order chi connectivity index (χ0) is 19.5. The van der Waals surface area contributed by atoms with E-state index in [9.17, 15) is 4.79 Å². The molecule has 144 valence electrons. The number of benzene rings is 1. The van der Waals surface area contributed by atoms with E-state index in [4.69, 9.17) is 22.3 Å². The number of pyridine rings is 1. The minimum Gasteiger partial charge on any atom is -0.366 e. The second-order valence-corrected chi connectivity index (χ2v) is 8.34. The van der Waals surface area contributed by atoms with Gasteiger partial charge in [-0.2, -0.15) is 0 Å². The molecule has 0 radical (unpaired) electrons. The number of thiophene rings is 1. The molecule has 4 rings (SSSR count). The van der Waals surface area contributed by atoms with Gasteiger partial charge in [0, 0.05) is 16.4 Å². The smallest absolute Gasteiger partial charge is 0.251 e. The predicted octanol–water partition coefficient (Wildman–Crippen LogP) is 4.90. The van der Waals surface area contributed by atoms with Crippen molar-refractivity contribution < 1.29 is 4.79 Å². The first-order chi connectivity index (χ1) is 13.6. The molecule has 3 N–H and O–H groups in total.